The molecular weight excluding hydrogens is 410 g/mol. The number of benzene rings is 2. The monoisotopic (exact) mass is 429 g/mol. The number of rotatable bonds is 7. The van der Waals surface area contributed by atoms with Crippen molar-refractivity contribution in [1.29, 1.82) is 0 Å². The van der Waals surface area contributed by atoms with Crippen molar-refractivity contribution in [2.45, 2.75) is 6.92 Å². The summed E-state index contributed by atoms with van der Waals surface area (Å²) in [5.74, 6) is -0.954. The van der Waals surface area contributed by atoms with Gasteiger partial charge in [0.1, 0.15) is 0 Å². The maximum Gasteiger partial charge on any atom is 0.338 e. The second-order valence-electron chi connectivity index (χ2n) is 5.90. The van der Waals surface area contributed by atoms with Gasteiger partial charge in [-0.1, -0.05) is 12.1 Å². The van der Waals surface area contributed by atoms with Crippen LogP contribution in [0.1, 0.15) is 27.6 Å². The molecule has 0 saturated carbocycles. The molecule has 2 aromatic carbocycles. The van der Waals surface area contributed by atoms with E-state index in [4.69, 9.17) is 10.5 Å². The van der Waals surface area contributed by atoms with Crippen LogP contribution < -0.4 is 16.4 Å². The number of hydrogen-bond donors (Lipinski definition) is 4. The van der Waals surface area contributed by atoms with Gasteiger partial charge in [0.25, 0.3) is 0 Å². The maximum atomic E-state index is 11.7. The first-order chi connectivity index (χ1) is 14.0. The van der Waals surface area contributed by atoms with Crippen molar-refractivity contribution in [2.75, 3.05) is 23.0 Å². The van der Waals surface area contributed by atoms with E-state index in [1.165, 1.54) is 12.3 Å². The number of nitrogens with two attached hydrogens (primary N) is 1. The Morgan fingerprint density at radius 1 is 1.10 bits per heavy atom. The fraction of sp³-hybridized carbons (Fsp3) is 0.100. The largest absolute Gasteiger partial charge is 0.478 e. The lowest BCUT2D eigenvalue weighted by molar-refractivity contribution is 0.0526. The van der Waals surface area contributed by atoms with Gasteiger partial charge in [0.2, 0.25) is 5.95 Å². The number of nitrogen functional groups attached to an aromatic ring is 1. The number of carbonyl (C=O) groups excluding carboxylic acids is 1. The zero-order valence-electron chi connectivity index (χ0n) is 16.0. The molecule has 10 heteroatoms. The van der Waals surface area contributed by atoms with Crippen molar-refractivity contribution in [1.82, 2.24) is 9.97 Å². The van der Waals surface area contributed by atoms with Crippen LogP contribution in [0.15, 0.2) is 54.7 Å². The lowest BCUT2D eigenvalue weighted by Gasteiger charge is -2.12. The van der Waals surface area contributed by atoms with Gasteiger partial charge in [-0.2, -0.15) is 4.98 Å². The Hall–Kier alpha value is -3.85. The summed E-state index contributed by atoms with van der Waals surface area (Å²) in [6, 6.07) is 13.1. The molecule has 5 N–H and O–H groups in total. The third kappa shape index (κ3) is 5.36. The molecule has 0 unspecified atom stereocenters. The van der Waals surface area contributed by atoms with Crippen LogP contribution in [0.3, 0.4) is 0 Å². The predicted molar refractivity (Wildman–Crippen MR) is 116 cm³/mol. The van der Waals surface area contributed by atoms with E-state index in [-0.39, 0.29) is 35.4 Å². The van der Waals surface area contributed by atoms with Crippen molar-refractivity contribution in [3.8, 4) is 0 Å². The molecule has 0 aliphatic heterocycles. The second kappa shape index (κ2) is 10.1. The first kappa shape index (κ1) is 22.4. The quantitative estimate of drug-likeness (QED) is 0.412. The number of carboxylic acids is 1. The van der Waals surface area contributed by atoms with E-state index in [0.29, 0.717) is 23.5 Å². The van der Waals surface area contributed by atoms with Crippen molar-refractivity contribution in [2.24, 2.45) is 0 Å². The van der Waals surface area contributed by atoms with Crippen molar-refractivity contribution in [3.63, 3.8) is 0 Å². The molecule has 0 aliphatic carbocycles. The van der Waals surface area contributed by atoms with E-state index >= 15 is 0 Å². The highest BCUT2D eigenvalue weighted by Gasteiger charge is 2.12. The van der Waals surface area contributed by atoms with E-state index in [9.17, 15) is 14.7 Å². The molecule has 0 saturated heterocycles. The Balaban J connectivity index is 0.00000320. The van der Waals surface area contributed by atoms with E-state index in [2.05, 4.69) is 20.6 Å². The zero-order chi connectivity index (χ0) is 20.8. The molecule has 0 radical (unpaired) electrons. The summed E-state index contributed by atoms with van der Waals surface area (Å²) in [5, 5.41) is 15.2. The summed E-state index contributed by atoms with van der Waals surface area (Å²) < 4.78 is 4.95. The number of nitrogens with one attached hydrogen (secondary N) is 2. The van der Waals surface area contributed by atoms with Gasteiger partial charge in [-0.3, -0.25) is 0 Å². The minimum absolute atomic E-state index is 0. The number of aromatic carboxylic acids is 1. The van der Waals surface area contributed by atoms with E-state index in [1.807, 2.05) is 0 Å². The van der Waals surface area contributed by atoms with Crippen LogP contribution in [0, 0.1) is 0 Å². The molecule has 0 amide bonds. The summed E-state index contributed by atoms with van der Waals surface area (Å²) in [5.41, 5.74) is 7.72. The number of halogens is 1. The molecule has 0 bridgehead atoms. The van der Waals surface area contributed by atoms with Gasteiger partial charge >= 0.3 is 11.9 Å². The summed E-state index contributed by atoms with van der Waals surface area (Å²) >= 11 is 0. The molecule has 0 spiro atoms. The molecule has 3 aromatic rings. The smallest absolute Gasteiger partial charge is 0.338 e. The molecular formula is C20H20ClN5O4. The van der Waals surface area contributed by atoms with Gasteiger partial charge in [0.05, 0.1) is 35.3 Å². The zero-order valence-corrected chi connectivity index (χ0v) is 16.8. The molecule has 1 aromatic heterocycles. The molecule has 0 fully saturated rings. The topological polar surface area (TPSA) is 139 Å². The summed E-state index contributed by atoms with van der Waals surface area (Å²) in [7, 11) is 0. The fourth-order valence-electron chi connectivity index (χ4n) is 2.49. The van der Waals surface area contributed by atoms with Gasteiger partial charge in [-0.25, -0.2) is 14.6 Å². The number of hydrogen-bond acceptors (Lipinski definition) is 8. The number of aromatic nitrogens is 2. The number of ether oxygens (including phenoxy) is 1. The number of nitrogens with zero attached hydrogens (tertiary/aromatic N) is 2. The van der Waals surface area contributed by atoms with Gasteiger partial charge in [0, 0.05) is 5.69 Å². The van der Waals surface area contributed by atoms with E-state index in [0.717, 1.165) is 0 Å². The Labute approximate surface area is 178 Å². The first-order valence-electron chi connectivity index (χ1n) is 8.74. The summed E-state index contributed by atoms with van der Waals surface area (Å²) in [6.45, 7) is 2.05. The number of para-hydroxylation sites is 1. The van der Waals surface area contributed by atoms with Gasteiger partial charge in [-0.15, -0.1) is 12.4 Å². The van der Waals surface area contributed by atoms with E-state index < -0.39 is 11.9 Å². The lowest BCUT2D eigenvalue weighted by atomic mass is 10.2. The standard InChI is InChI=1S/C20H19N5O4.ClH/c1-2-29-19(28)12-7-9-13(10-8-12)23-20-22-11-15(21)17(25-20)24-16-6-4-3-5-14(16)18(26)27;/h3-11H,2,21H2,1H3,(H,26,27)(H2,22,23,24,25);1H. The van der Waals surface area contributed by atoms with Gasteiger partial charge in [-0.05, 0) is 43.3 Å². The highest BCUT2D eigenvalue weighted by Crippen LogP contribution is 2.25. The van der Waals surface area contributed by atoms with Crippen molar-refractivity contribution >= 4 is 53.2 Å². The fourth-order valence-corrected chi connectivity index (χ4v) is 2.49. The molecule has 0 atom stereocenters. The minimum Gasteiger partial charge on any atom is -0.478 e. The summed E-state index contributed by atoms with van der Waals surface area (Å²) in [6.07, 6.45) is 1.41. The number of carbonyl (C=O) groups is 2. The molecule has 0 aliphatic rings. The van der Waals surface area contributed by atoms with Crippen LogP contribution >= 0.6 is 12.4 Å². The van der Waals surface area contributed by atoms with Crippen LogP contribution in [-0.2, 0) is 4.74 Å². The van der Waals surface area contributed by atoms with Crippen molar-refractivity contribution in [3.05, 3.63) is 65.9 Å². The number of esters is 1. The van der Waals surface area contributed by atoms with Crippen LogP contribution in [0.2, 0.25) is 0 Å². The van der Waals surface area contributed by atoms with Crippen LogP contribution in [-0.4, -0.2) is 33.6 Å². The Kier molecular flexibility index (Phi) is 7.54. The molecule has 156 valence electrons. The average Bonchev–Trinajstić information content (AvgIpc) is 2.71. The van der Waals surface area contributed by atoms with Crippen LogP contribution in [0.4, 0.5) is 28.8 Å². The highest BCUT2D eigenvalue weighted by molar-refractivity contribution is 5.95. The lowest BCUT2D eigenvalue weighted by Crippen LogP contribution is -2.07. The van der Waals surface area contributed by atoms with Crippen LogP contribution in [0.25, 0.3) is 0 Å². The second-order valence-corrected chi connectivity index (χ2v) is 5.90. The first-order valence-corrected chi connectivity index (χ1v) is 8.74. The minimum atomic E-state index is -1.07. The predicted octanol–water partition coefficient (Wildman–Crippen LogP) is 3.84. The van der Waals surface area contributed by atoms with Crippen LogP contribution in [0.5, 0.6) is 0 Å². The normalized spacial score (nSPS) is 9.90. The number of anilines is 5. The average molecular weight is 430 g/mol. The third-order valence-corrected chi connectivity index (χ3v) is 3.88. The Bertz CT molecular complexity index is 1040. The molecule has 9 nitrogen and oxygen atoms in total. The maximum absolute atomic E-state index is 11.7. The highest BCUT2D eigenvalue weighted by atomic mass is 35.5. The molecule has 30 heavy (non-hydrogen) atoms. The summed E-state index contributed by atoms with van der Waals surface area (Å²) in [4.78, 5) is 31.5. The van der Waals surface area contributed by atoms with E-state index in [1.54, 1.807) is 49.4 Å². The third-order valence-electron chi connectivity index (χ3n) is 3.88. The SMILES string of the molecule is CCOC(=O)c1ccc(Nc2ncc(N)c(Nc3ccccc3C(=O)O)n2)cc1.Cl. The van der Waals surface area contributed by atoms with Gasteiger partial charge < -0.3 is 26.2 Å². The Morgan fingerprint density at radius 3 is 2.47 bits per heavy atom. The molecule has 1 heterocycles. The Morgan fingerprint density at radius 2 is 1.80 bits per heavy atom. The molecule has 3 rings (SSSR count). The van der Waals surface area contributed by atoms with Crippen molar-refractivity contribution < 1.29 is 19.4 Å². The number of carboxylic acid groups (broad SMARTS) is 1. The van der Waals surface area contributed by atoms with Gasteiger partial charge in [0.15, 0.2) is 5.82 Å².